The summed E-state index contributed by atoms with van der Waals surface area (Å²) in [5.74, 6) is 0.162. The highest BCUT2D eigenvalue weighted by atomic mass is 16.2. The second-order valence-electron chi connectivity index (χ2n) is 4.62. The third kappa shape index (κ3) is 2.43. The van der Waals surface area contributed by atoms with Gasteiger partial charge in [0, 0.05) is 6.54 Å². The fourth-order valence-corrected chi connectivity index (χ4v) is 2.10. The van der Waals surface area contributed by atoms with Crippen LogP contribution in [0.5, 0.6) is 0 Å². The predicted octanol–water partition coefficient (Wildman–Crippen LogP) is 1.58. The van der Waals surface area contributed by atoms with Crippen molar-refractivity contribution < 1.29 is 4.79 Å². The van der Waals surface area contributed by atoms with E-state index in [-0.39, 0.29) is 11.9 Å². The number of aromatic nitrogens is 2. The number of benzene rings is 1. The zero-order valence-corrected chi connectivity index (χ0v) is 11.6. The van der Waals surface area contributed by atoms with Gasteiger partial charge in [-0.05, 0) is 31.5 Å². The average molecular weight is 271 g/mol. The van der Waals surface area contributed by atoms with E-state index in [1.807, 2.05) is 6.92 Å². The molecule has 20 heavy (non-hydrogen) atoms. The molecule has 1 aromatic heterocycles. The molecule has 0 fully saturated rings. The van der Waals surface area contributed by atoms with Crippen LogP contribution in [0.1, 0.15) is 31.9 Å². The van der Waals surface area contributed by atoms with Gasteiger partial charge < -0.3 is 11.1 Å². The molecule has 2 rings (SSSR count). The van der Waals surface area contributed by atoms with E-state index in [2.05, 4.69) is 16.4 Å². The Morgan fingerprint density at radius 1 is 1.60 bits per heavy atom. The lowest BCUT2D eigenvalue weighted by Gasteiger charge is -2.15. The zero-order chi connectivity index (χ0) is 14.7. The lowest BCUT2D eigenvalue weighted by molar-refractivity contribution is -0.123. The Bertz CT molecular complexity index is 683. The number of nitrogens with two attached hydrogens (primary N) is 1. The maximum absolute atomic E-state index is 12.1. The Labute approximate surface area is 117 Å². The van der Waals surface area contributed by atoms with Gasteiger partial charge in [-0.15, -0.1) is 0 Å². The van der Waals surface area contributed by atoms with Crippen molar-refractivity contribution in [2.45, 2.75) is 26.3 Å². The summed E-state index contributed by atoms with van der Waals surface area (Å²) in [7, 11) is 0. The van der Waals surface area contributed by atoms with Crippen LogP contribution in [-0.4, -0.2) is 22.0 Å². The second-order valence-corrected chi connectivity index (χ2v) is 4.62. The second kappa shape index (κ2) is 5.61. The molecular formula is C14H17N5O. The Hall–Kier alpha value is -2.55. The van der Waals surface area contributed by atoms with E-state index < -0.39 is 6.04 Å². The Morgan fingerprint density at radius 2 is 2.35 bits per heavy atom. The molecule has 6 heteroatoms. The van der Waals surface area contributed by atoms with E-state index in [4.69, 9.17) is 11.0 Å². The van der Waals surface area contributed by atoms with Crippen molar-refractivity contribution in [2.24, 2.45) is 0 Å². The van der Waals surface area contributed by atoms with Crippen LogP contribution in [0.2, 0.25) is 0 Å². The Morgan fingerprint density at radius 3 is 3.00 bits per heavy atom. The predicted molar refractivity (Wildman–Crippen MR) is 76.9 cm³/mol. The summed E-state index contributed by atoms with van der Waals surface area (Å²) in [6.45, 7) is 4.38. The number of hydrogen-bond donors (Lipinski definition) is 2. The number of nitriles is 1. The van der Waals surface area contributed by atoms with E-state index in [9.17, 15) is 4.79 Å². The molecule has 0 aliphatic heterocycles. The van der Waals surface area contributed by atoms with Crippen molar-refractivity contribution >= 4 is 22.9 Å². The van der Waals surface area contributed by atoms with E-state index >= 15 is 0 Å². The number of imidazole rings is 1. The maximum atomic E-state index is 12.1. The Kier molecular flexibility index (Phi) is 3.89. The van der Waals surface area contributed by atoms with Crippen molar-refractivity contribution in [3.8, 4) is 6.07 Å². The van der Waals surface area contributed by atoms with Crippen LogP contribution >= 0.6 is 0 Å². The van der Waals surface area contributed by atoms with Gasteiger partial charge in [0.05, 0.1) is 22.7 Å². The minimum absolute atomic E-state index is 0.111. The number of carbonyl (C=O) groups excluding carboxylic acids is 1. The highest BCUT2D eigenvalue weighted by Crippen LogP contribution is 2.23. The van der Waals surface area contributed by atoms with Crippen molar-refractivity contribution in [1.82, 2.24) is 14.9 Å². The number of carbonyl (C=O) groups is 1. The molecule has 1 atom stereocenters. The molecule has 0 saturated heterocycles. The third-order valence-electron chi connectivity index (χ3n) is 3.16. The monoisotopic (exact) mass is 271 g/mol. The van der Waals surface area contributed by atoms with Crippen molar-refractivity contribution in [1.29, 1.82) is 5.26 Å². The molecule has 0 bridgehead atoms. The summed E-state index contributed by atoms with van der Waals surface area (Å²) in [5.41, 5.74) is 7.79. The molecule has 1 unspecified atom stereocenters. The first kappa shape index (κ1) is 13.9. The van der Waals surface area contributed by atoms with E-state index in [0.717, 1.165) is 6.42 Å². The molecule has 0 aliphatic rings. The molecule has 0 aliphatic carbocycles. The number of hydrogen-bond acceptors (Lipinski definition) is 4. The SMILES string of the molecule is CCCNC(=O)C(C)n1c(N)nc2ccc(C#N)cc21. The van der Waals surface area contributed by atoms with Crippen LogP contribution in [0.25, 0.3) is 11.0 Å². The van der Waals surface area contributed by atoms with Crippen LogP contribution in [0, 0.1) is 11.3 Å². The quantitative estimate of drug-likeness (QED) is 0.882. The molecule has 2 aromatic rings. The van der Waals surface area contributed by atoms with Gasteiger partial charge in [0.15, 0.2) is 0 Å². The van der Waals surface area contributed by atoms with Gasteiger partial charge >= 0.3 is 0 Å². The van der Waals surface area contributed by atoms with Crippen molar-refractivity contribution in [3.63, 3.8) is 0 Å². The fourth-order valence-electron chi connectivity index (χ4n) is 2.10. The van der Waals surface area contributed by atoms with Gasteiger partial charge in [0.25, 0.3) is 0 Å². The van der Waals surface area contributed by atoms with Crippen LogP contribution in [-0.2, 0) is 4.79 Å². The van der Waals surface area contributed by atoms with Crippen molar-refractivity contribution in [3.05, 3.63) is 23.8 Å². The smallest absolute Gasteiger partial charge is 0.242 e. The maximum Gasteiger partial charge on any atom is 0.242 e. The number of rotatable bonds is 4. The zero-order valence-electron chi connectivity index (χ0n) is 11.6. The van der Waals surface area contributed by atoms with Crippen LogP contribution in [0.15, 0.2) is 18.2 Å². The lowest BCUT2D eigenvalue weighted by atomic mass is 10.2. The number of nitrogen functional groups attached to an aromatic ring is 1. The number of nitrogens with zero attached hydrogens (tertiary/aromatic N) is 3. The minimum Gasteiger partial charge on any atom is -0.369 e. The molecule has 0 spiro atoms. The first-order valence-corrected chi connectivity index (χ1v) is 6.53. The molecule has 1 aromatic carbocycles. The standard InChI is InChI=1S/C14H17N5O/c1-3-6-17-13(20)9(2)19-12-7-10(8-15)4-5-11(12)18-14(19)16/h4-5,7,9H,3,6H2,1-2H3,(H2,16,18)(H,17,20). The molecular weight excluding hydrogens is 254 g/mol. The number of nitrogens with one attached hydrogen (secondary N) is 1. The first-order chi connectivity index (χ1) is 9.58. The average Bonchev–Trinajstić information content (AvgIpc) is 2.78. The molecule has 0 saturated carbocycles. The molecule has 1 heterocycles. The topological polar surface area (TPSA) is 96.7 Å². The van der Waals surface area contributed by atoms with Gasteiger partial charge in [-0.25, -0.2) is 4.98 Å². The number of fused-ring (bicyclic) bond motifs is 1. The van der Waals surface area contributed by atoms with Crippen LogP contribution in [0.4, 0.5) is 5.95 Å². The summed E-state index contributed by atoms with van der Waals surface area (Å²) >= 11 is 0. The third-order valence-corrected chi connectivity index (χ3v) is 3.16. The van der Waals surface area contributed by atoms with Gasteiger partial charge in [0.1, 0.15) is 6.04 Å². The van der Waals surface area contributed by atoms with E-state index in [1.165, 1.54) is 0 Å². The molecule has 104 valence electrons. The molecule has 0 radical (unpaired) electrons. The number of amides is 1. The largest absolute Gasteiger partial charge is 0.369 e. The van der Waals surface area contributed by atoms with Gasteiger partial charge in [-0.2, -0.15) is 5.26 Å². The van der Waals surface area contributed by atoms with Gasteiger partial charge in [0.2, 0.25) is 11.9 Å². The van der Waals surface area contributed by atoms with E-state index in [0.29, 0.717) is 23.1 Å². The summed E-state index contributed by atoms with van der Waals surface area (Å²) in [5, 5.41) is 11.8. The number of anilines is 1. The highest BCUT2D eigenvalue weighted by Gasteiger charge is 2.20. The fraction of sp³-hybridized carbons (Fsp3) is 0.357. The molecule has 3 N–H and O–H groups in total. The lowest BCUT2D eigenvalue weighted by Crippen LogP contribution is -2.31. The summed E-state index contributed by atoms with van der Waals surface area (Å²) in [6.07, 6.45) is 0.872. The summed E-state index contributed by atoms with van der Waals surface area (Å²) in [4.78, 5) is 16.3. The van der Waals surface area contributed by atoms with Gasteiger partial charge in [-0.1, -0.05) is 6.92 Å². The molecule has 1 amide bonds. The first-order valence-electron chi connectivity index (χ1n) is 6.53. The molecule has 6 nitrogen and oxygen atoms in total. The summed E-state index contributed by atoms with van der Waals surface area (Å²) < 4.78 is 1.65. The van der Waals surface area contributed by atoms with Gasteiger partial charge in [-0.3, -0.25) is 9.36 Å². The Balaban J connectivity index is 2.45. The summed E-state index contributed by atoms with van der Waals surface area (Å²) in [6, 6.07) is 6.72. The normalized spacial score (nSPS) is 12.1. The van der Waals surface area contributed by atoms with E-state index in [1.54, 1.807) is 29.7 Å². The van der Waals surface area contributed by atoms with Crippen LogP contribution < -0.4 is 11.1 Å². The van der Waals surface area contributed by atoms with Crippen LogP contribution in [0.3, 0.4) is 0 Å². The minimum atomic E-state index is -0.472. The highest BCUT2D eigenvalue weighted by molar-refractivity contribution is 5.86. The van der Waals surface area contributed by atoms with Crippen molar-refractivity contribution in [2.75, 3.05) is 12.3 Å².